The Morgan fingerprint density at radius 3 is 2.82 bits per heavy atom. The normalized spacial score (nSPS) is 25.5. The Bertz CT molecular complexity index is 773. The van der Waals surface area contributed by atoms with Gasteiger partial charge in [0.05, 0.1) is 18.3 Å². The van der Waals surface area contributed by atoms with Gasteiger partial charge in [-0.25, -0.2) is 5.43 Å². The van der Waals surface area contributed by atoms with E-state index in [1.807, 2.05) is 6.92 Å². The largest absolute Gasteiger partial charge is 0.494 e. The minimum Gasteiger partial charge on any atom is -0.494 e. The van der Waals surface area contributed by atoms with Gasteiger partial charge in [-0.05, 0) is 50.9 Å². The first-order valence-corrected chi connectivity index (χ1v) is 10.6. The summed E-state index contributed by atoms with van der Waals surface area (Å²) < 4.78 is 11.2. The zero-order valence-electron chi connectivity index (χ0n) is 17.2. The highest BCUT2D eigenvalue weighted by Gasteiger charge is 2.36. The van der Waals surface area contributed by atoms with Crippen LogP contribution in [0.2, 0.25) is 0 Å². The highest BCUT2D eigenvalue weighted by atomic mass is 16.5. The van der Waals surface area contributed by atoms with E-state index in [0.29, 0.717) is 24.6 Å². The molecule has 0 radical (unpaired) electrons. The fourth-order valence-electron chi connectivity index (χ4n) is 4.78. The van der Waals surface area contributed by atoms with Gasteiger partial charge in [-0.2, -0.15) is 0 Å². The van der Waals surface area contributed by atoms with E-state index >= 15 is 0 Å². The van der Waals surface area contributed by atoms with Crippen LogP contribution in [0, 0.1) is 12.8 Å². The summed E-state index contributed by atoms with van der Waals surface area (Å²) >= 11 is 0. The van der Waals surface area contributed by atoms with E-state index in [1.54, 1.807) is 0 Å². The summed E-state index contributed by atoms with van der Waals surface area (Å²) in [7, 11) is 0. The van der Waals surface area contributed by atoms with Crippen molar-refractivity contribution in [1.29, 1.82) is 0 Å². The second-order valence-electron chi connectivity index (χ2n) is 7.88. The molecular formula is C22H32N4O2. The van der Waals surface area contributed by atoms with Crippen LogP contribution in [0.4, 0.5) is 0 Å². The van der Waals surface area contributed by atoms with E-state index in [1.165, 1.54) is 24.0 Å². The van der Waals surface area contributed by atoms with Crippen molar-refractivity contribution >= 4 is 0 Å². The van der Waals surface area contributed by atoms with Crippen LogP contribution in [0.5, 0.6) is 5.75 Å². The molecule has 0 aliphatic carbocycles. The summed E-state index contributed by atoms with van der Waals surface area (Å²) in [6.45, 7) is 10.1. The molecule has 2 fully saturated rings. The predicted molar refractivity (Wildman–Crippen MR) is 109 cm³/mol. The molecule has 2 N–H and O–H groups in total. The van der Waals surface area contributed by atoms with Gasteiger partial charge in [0.2, 0.25) is 0 Å². The Morgan fingerprint density at radius 1 is 1.25 bits per heavy atom. The van der Waals surface area contributed by atoms with Crippen molar-refractivity contribution < 1.29 is 9.26 Å². The lowest BCUT2D eigenvalue weighted by atomic mass is 9.93. The molecule has 2 saturated heterocycles. The zero-order chi connectivity index (χ0) is 19.5. The molecule has 4 rings (SSSR count). The van der Waals surface area contributed by atoms with Crippen molar-refractivity contribution in [3.8, 4) is 5.75 Å². The maximum Gasteiger partial charge on any atom is 0.141 e. The molecule has 0 amide bonds. The molecule has 3 atom stereocenters. The molecule has 28 heavy (non-hydrogen) atoms. The topological polar surface area (TPSA) is 62.6 Å². The minimum atomic E-state index is 0.311. The Hall–Kier alpha value is -1.89. The number of nitrogens with one attached hydrogen (secondary N) is 2. The molecule has 152 valence electrons. The Morgan fingerprint density at radius 2 is 2.07 bits per heavy atom. The number of aryl methyl sites for hydroxylation is 2. The van der Waals surface area contributed by atoms with Gasteiger partial charge >= 0.3 is 0 Å². The molecule has 1 aromatic carbocycles. The fraction of sp³-hybridized carbons (Fsp3) is 0.591. The van der Waals surface area contributed by atoms with Crippen LogP contribution < -0.4 is 15.6 Å². The summed E-state index contributed by atoms with van der Waals surface area (Å²) in [5.74, 6) is 2.51. The van der Waals surface area contributed by atoms with Crippen LogP contribution in [0.3, 0.4) is 0 Å². The molecule has 1 aromatic heterocycles. The summed E-state index contributed by atoms with van der Waals surface area (Å²) in [5.41, 5.74) is 10.6. The number of rotatable bonds is 7. The van der Waals surface area contributed by atoms with Gasteiger partial charge in [0, 0.05) is 37.0 Å². The number of ether oxygens (including phenoxy) is 1. The average molecular weight is 385 g/mol. The lowest BCUT2D eigenvalue weighted by Crippen LogP contribution is -2.33. The van der Waals surface area contributed by atoms with E-state index in [0.717, 1.165) is 43.3 Å². The lowest BCUT2D eigenvalue weighted by molar-refractivity contribution is 0.209. The summed E-state index contributed by atoms with van der Waals surface area (Å²) in [4.78, 5) is 2.64. The van der Waals surface area contributed by atoms with Gasteiger partial charge in [0.15, 0.2) is 0 Å². The smallest absolute Gasteiger partial charge is 0.141 e. The molecule has 2 aliphatic rings. The number of hydrazine groups is 1. The molecule has 6 heteroatoms. The maximum absolute atomic E-state index is 5.59. The second kappa shape index (κ2) is 8.64. The molecule has 3 unspecified atom stereocenters. The molecule has 3 heterocycles. The first-order valence-electron chi connectivity index (χ1n) is 10.6. The van der Waals surface area contributed by atoms with Crippen LogP contribution in [0.15, 0.2) is 28.8 Å². The predicted octanol–water partition coefficient (Wildman–Crippen LogP) is 3.55. The van der Waals surface area contributed by atoms with Crippen molar-refractivity contribution in [3.05, 3.63) is 46.8 Å². The van der Waals surface area contributed by atoms with Gasteiger partial charge in [-0.1, -0.05) is 24.2 Å². The highest BCUT2D eigenvalue weighted by molar-refractivity contribution is 5.30. The van der Waals surface area contributed by atoms with Crippen molar-refractivity contribution in [3.63, 3.8) is 0 Å². The van der Waals surface area contributed by atoms with Gasteiger partial charge in [-0.3, -0.25) is 10.3 Å². The van der Waals surface area contributed by atoms with E-state index in [9.17, 15) is 0 Å². The first kappa shape index (κ1) is 19.4. The van der Waals surface area contributed by atoms with Gasteiger partial charge in [0.1, 0.15) is 11.5 Å². The maximum atomic E-state index is 5.59. The Balaban J connectivity index is 1.48. The number of hydrogen-bond donors (Lipinski definition) is 2. The summed E-state index contributed by atoms with van der Waals surface area (Å²) in [6, 6.07) is 9.26. The Kier molecular flexibility index (Phi) is 5.99. The average Bonchev–Trinajstić information content (AvgIpc) is 3.43. The van der Waals surface area contributed by atoms with Crippen molar-refractivity contribution in [2.24, 2.45) is 5.92 Å². The number of aromatic nitrogens is 1. The highest BCUT2D eigenvalue weighted by Crippen LogP contribution is 2.38. The SMILES string of the molecule is CCOc1ccc(C2NNCC2CN2CCCC2c2c(C)noc2CC)cc1. The van der Waals surface area contributed by atoms with E-state index in [2.05, 4.69) is 59.0 Å². The second-order valence-corrected chi connectivity index (χ2v) is 7.88. The number of likely N-dealkylation sites (tertiary alicyclic amines) is 1. The standard InChI is InChI=1S/C22H32N4O2/c1-4-20-21(15(3)25-28-20)19-7-6-12-26(19)14-17-13-23-24-22(17)16-8-10-18(11-9-16)27-5-2/h8-11,17,19,22-24H,4-7,12-14H2,1-3H3. The van der Waals surface area contributed by atoms with Crippen LogP contribution in [-0.4, -0.2) is 36.3 Å². The minimum absolute atomic E-state index is 0.311. The number of nitrogens with zero attached hydrogens (tertiary/aromatic N) is 2. The van der Waals surface area contributed by atoms with Gasteiger partial charge in [-0.15, -0.1) is 0 Å². The summed E-state index contributed by atoms with van der Waals surface area (Å²) in [5, 5.41) is 4.25. The Labute approximate surface area is 167 Å². The molecular weight excluding hydrogens is 352 g/mol. The first-order chi connectivity index (χ1) is 13.7. The molecule has 2 aromatic rings. The number of benzene rings is 1. The number of hydrogen-bond acceptors (Lipinski definition) is 6. The zero-order valence-corrected chi connectivity index (χ0v) is 17.2. The van der Waals surface area contributed by atoms with Gasteiger partial charge in [0.25, 0.3) is 0 Å². The van der Waals surface area contributed by atoms with Crippen LogP contribution in [-0.2, 0) is 6.42 Å². The third kappa shape index (κ3) is 3.81. The fourth-order valence-corrected chi connectivity index (χ4v) is 4.78. The van der Waals surface area contributed by atoms with Crippen molar-refractivity contribution in [1.82, 2.24) is 20.9 Å². The third-order valence-corrected chi connectivity index (χ3v) is 6.11. The quantitative estimate of drug-likeness (QED) is 0.761. The third-order valence-electron chi connectivity index (χ3n) is 6.11. The monoisotopic (exact) mass is 384 g/mol. The van der Waals surface area contributed by atoms with Crippen molar-refractivity contribution in [2.45, 2.75) is 52.1 Å². The van der Waals surface area contributed by atoms with Crippen molar-refractivity contribution in [2.75, 3.05) is 26.2 Å². The lowest BCUT2D eigenvalue weighted by Gasteiger charge is -2.29. The van der Waals surface area contributed by atoms with Gasteiger partial charge < -0.3 is 9.26 Å². The molecule has 2 aliphatic heterocycles. The van der Waals surface area contributed by atoms with Crippen LogP contribution in [0.1, 0.15) is 61.4 Å². The van der Waals surface area contributed by atoms with E-state index in [4.69, 9.17) is 9.26 Å². The summed E-state index contributed by atoms with van der Waals surface area (Å²) in [6.07, 6.45) is 3.33. The van der Waals surface area contributed by atoms with E-state index < -0.39 is 0 Å². The molecule has 6 nitrogen and oxygen atoms in total. The molecule has 0 spiro atoms. The molecule has 0 bridgehead atoms. The van der Waals surface area contributed by atoms with Crippen LogP contribution in [0.25, 0.3) is 0 Å². The van der Waals surface area contributed by atoms with Crippen LogP contribution >= 0.6 is 0 Å². The van der Waals surface area contributed by atoms with E-state index in [-0.39, 0.29) is 0 Å². The molecule has 0 saturated carbocycles.